The van der Waals surface area contributed by atoms with Crippen LogP contribution in [0, 0.1) is 6.92 Å². The highest BCUT2D eigenvalue weighted by molar-refractivity contribution is 7.99. The third-order valence-electron chi connectivity index (χ3n) is 2.30. The summed E-state index contributed by atoms with van der Waals surface area (Å²) in [5.74, 6) is 2.08. The highest BCUT2D eigenvalue weighted by Gasteiger charge is 2.09. The molecule has 0 aromatic heterocycles. The van der Waals surface area contributed by atoms with Crippen molar-refractivity contribution < 1.29 is 8.42 Å². The van der Waals surface area contributed by atoms with Gasteiger partial charge in [-0.3, -0.25) is 0 Å². The number of hydrogen-bond donors (Lipinski definition) is 2. The smallest absolute Gasteiger partial charge is 0.238 e. The molecule has 0 aliphatic heterocycles. The summed E-state index contributed by atoms with van der Waals surface area (Å²) in [6, 6.07) is 4.87. The van der Waals surface area contributed by atoms with Crippen molar-refractivity contribution in [2.75, 3.05) is 23.4 Å². The molecule has 0 unspecified atom stereocenters. The molecule has 0 saturated carbocycles. The van der Waals surface area contributed by atoms with Crippen LogP contribution in [-0.2, 0) is 10.0 Å². The predicted molar refractivity (Wildman–Crippen MR) is 74.0 cm³/mol. The predicted octanol–water partition coefficient (Wildman–Crippen LogP) is 1.81. The lowest BCUT2D eigenvalue weighted by atomic mass is 10.2. The fraction of sp³-hybridized carbons (Fsp3) is 0.455. The Labute approximate surface area is 107 Å². The minimum absolute atomic E-state index is 0.147. The van der Waals surface area contributed by atoms with Gasteiger partial charge in [-0.05, 0) is 30.4 Å². The van der Waals surface area contributed by atoms with E-state index in [2.05, 4.69) is 12.2 Å². The van der Waals surface area contributed by atoms with Crippen molar-refractivity contribution in [2.45, 2.75) is 18.7 Å². The highest BCUT2D eigenvalue weighted by atomic mass is 32.2. The summed E-state index contributed by atoms with van der Waals surface area (Å²) in [4.78, 5) is 0.147. The molecule has 1 aromatic carbocycles. The number of hydrogen-bond acceptors (Lipinski definition) is 4. The van der Waals surface area contributed by atoms with Crippen molar-refractivity contribution in [3.05, 3.63) is 23.8 Å². The van der Waals surface area contributed by atoms with Crippen LogP contribution in [0.1, 0.15) is 12.5 Å². The molecule has 0 radical (unpaired) electrons. The van der Waals surface area contributed by atoms with E-state index in [4.69, 9.17) is 5.14 Å². The van der Waals surface area contributed by atoms with Gasteiger partial charge in [0.05, 0.1) is 4.90 Å². The monoisotopic (exact) mass is 274 g/mol. The Bertz CT molecular complexity index is 472. The van der Waals surface area contributed by atoms with Crippen LogP contribution in [0.15, 0.2) is 23.1 Å². The van der Waals surface area contributed by atoms with Crippen LogP contribution in [0.2, 0.25) is 0 Å². The molecule has 1 rings (SSSR count). The van der Waals surface area contributed by atoms with Gasteiger partial charge >= 0.3 is 0 Å². The topological polar surface area (TPSA) is 72.2 Å². The molecule has 0 aliphatic rings. The van der Waals surface area contributed by atoms with Crippen molar-refractivity contribution >= 4 is 27.5 Å². The number of thioether (sulfide) groups is 1. The number of sulfonamides is 1. The number of anilines is 1. The fourth-order valence-electron chi connectivity index (χ4n) is 1.37. The Morgan fingerprint density at radius 2 is 2.12 bits per heavy atom. The molecule has 0 amide bonds. The van der Waals surface area contributed by atoms with Gasteiger partial charge in [0.2, 0.25) is 10.0 Å². The lowest BCUT2D eigenvalue weighted by Crippen LogP contribution is -2.13. The van der Waals surface area contributed by atoms with Crippen molar-refractivity contribution in [1.82, 2.24) is 0 Å². The molecule has 0 fully saturated rings. The zero-order valence-electron chi connectivity index (χ0n) is 10.1. The number of nitrogens with two attached hydrogens (primary N) is 1. The number of benzene rings is 1. The van der Waals surface area contributed by atoms with Crippen LogP contribution in [-0.4, -0.2) is 26.5 Å². The largest absolute Gasteiger partial charge is 0.384 e. The Kier molecular flexibility index (Phi) is 5.30. The van der Waals surface area contributed by atoms with Crippen molar-refractivity contribution in [3.8, 4) is 0 Å². The van der Waals surface area contributed by atoms with E-state index in [1.165, 1.54) is 6.07 Å². The Balaban J connectivity index is 2.77. The minimum atomic E-state index is -3.62. The van der Waals surface area contributed by atoms with Crippen LogP contribution >= 0.6 is 11.8 Å². The molecule has 0 bridgehead atoms. The van der Waals surface area contributed by atoms with Crippen LogP contribution in [0.5, 0.6) is 0 Å². The Morgan fingerprint density at radius 3 is 2.71 bits per heavy atom. The second kappa shape index (κ2) is 6.28. The first-order valence-corrected chi connectivity index (χ1v) is 8.10. The molecule has 17 heavy (non-hydrogen) atoms. The molecule has 0 heterocycles. The van der Waals surface area contributed by atoms with Crippen LogP contribution in [0.25, 0.3) is 0 Å². The van der Waals surface area contributed by atoms with E-state index in [0.29, 0.717) is 0 Å². The summed E-state index contributed by atoms with van der Waals surface area (Å²) in [5, 5.41) is 8.31. The van der Waals surface area contributed by atoms with Gasteiger partial charge in [-0.15, -0.1) is 0 Å². The molecule has 4 nitrogen and oxygen atoms in total. The van der Waals surface area contributed by atoms with Gasteiger partial charge < -0.3 is 5.32 Å². The molecule has 3 N–H and O–H groups in total. The molecule has 0 spiro atoms. The van der Waals surface area contributed by atoms with Gasteiger partial charge in [0, 0.05) is 18.0 Å². The summed E-state index contributed by atoms with van der Waals surface area (Å²) in [6.07, 6.45) is 0. The molecule has 0 aliphatic carbocycles. The molecule has 0 saturated heterocycles. The molecule has 6 heteroatoms. The molecular formula is C11H18N2O2S2. The van der Waals surface area contributed by atoms with E-state index in [-0.39, 0.29) is 4.90 Å². The normalized spacial score (nSPS) is 11.5. The van der Waals surface area contributed by atoms with E-state index >= 15 is 0 Å². The van der Waals surface area contributed by atoms with Gasteiger partial charge in [0.15, 0.2) is 0 Å². The number of nitrogens with one attached hydrogen (secondary N) is 1. The molecule has 0 atom stereocenters. The number of aryl methyl sites for hydroxylation is 1. The minimum Gasteiger partial charge on any atom is -0.384 e. The molecular weight excluding hydrogens is 256 g/mol. The lowest BCUT2D eigenvalue weighted by molar-refractivity contribution is 0.598. The average Bonchev–Trinajstić information content (AvgIpc) is 2.25. The first kappa shape index (κ1) is 14.3. The van der Waals surface area contributed by atoms with Gasteiger partial charge in [-0.2, -0.15) is 11.8 Å². The second-order valence-corrected chi connectivity index (χ2v) is 6.60. The third kappa shape index (κ3) is 4.57. The average molecular weight is 274 g/mol. The summed E-state index contributed by atoms with van der Waals surface area (Å²) in [5.41, 5.74) is 1.84. The van der Waals surface area contributed by atoms with Crippen molar-refractivity contribution in [1.29, 1.82) is 0 Å². The summed E-state index contributed by atoms with van der Waals surface area (Å²) < 4.78 is 22.4. The maximum Gasteiger partial charge on any atom is 0.238 e. The van der Waals surface area contributed by atoms with Gasteiger partial charge in [0.1, 0.15) is 0 Å². The summed E-state index contributed by atoms with van der Waals surface area (Å²) in [7, 11) is -3.62. The van der Waals surface area contributed by atoms with Crippen molar-refractivity contribution in [2.24, 2.45) is 5.14 Å². The zero-order chi connectivity index (χ0) is 12.9. The second-order valence-electron chi connectivity index (χ2n) is 3.65. The summed E-state index contributed by atoms with van der Waals surface area (Å²) >= 11 is 1.84. The van der Waals surface area contributed by atoms with Gasteiger partial charge in [0.25, 0.3) is 0 Å². The van der Waals surface area contributed by atoms with Gasteiger partial charge in [-0.25, -0.2) is 13.6 Å². The Morgan fingerprint density at radius 1 is 1.41 bits per heavy atom. The van der Waals surface area contributed by atoms with Crippen LogP contribution < -0.4 is 10.5 Å². The third-order valence-corrected chi connectivity index (χ3v) is 4.12. The fourth-order valence-corrected chi connectivity index (χ4v) is 2.45. The summed E-state index contributed by atoms with van der Waals surface area (Å²) in [6.45, 7) is 4.85. The highest BCUT2D eigenvalue weighted by Crippen LogP contribution is 2.19. The Hall–Kier alpha value is -0.720. The van der Waals surface area contributed by atoms with Crippen LogP contribution in [0.3, 0.4) is 0 Å². The van der Waals surface area contributed by atoms with Gasteiger partial charge in [-0.1, -0.05) is 13.0 Å². The maximum atomic E-state index is 11.2. The lowest BCUT2D eigenvalue weighted by Gasteiger charge is -2.10. The zero-order valence-corrected chi connectivity index (χ0v) is 11.7. The van der Waals surface area contributed by atoms with E-state index < -0.39 is 10.0 Å². The van der Waals surface area contributed by atoms with E-state index in [0.717, 1.165) is 29.3 Å². The number of primary sulfonamides is 1. The maximum absolute atomic E-state index is 11.2. The first-order chi connectivity index (χ1) is 7.95. The van der Waals surface area contributed by atoms with Crippen LogP contribution in [0.4, 0.5) is 5.69 Å². The SMILES string of the molecule is CCSCCNc1cc(S(N)(=O)=O)ccc1C. The molecule has 96 valence electrons. The van der Waals surface area contributed by atoms with E-state index in [9.17, 15) is 8.42 Å². The molecule has 1 aromatic rings. The van der Waals surface area contributed by atoms with E-state index in [1.54, 1.807) is 12.1 Å². The first-order valence-electron chi connectivity index (χ1n) is 5.40. The number of rotatable bonds is 6. The standard InChI is InChI=1S/C11H18N2O2S2/c1-3-16-7-6-13-11-8-10(17(12,14)15)5-4-9(11)2/h4-5,8,13H,3,6-7H2,1-2H3,(H2,12,14,15). The van der Waals surface area contributed by atoms with Crippen molar-refractivity contribution in [3.63, 3.8) is 0 Å². The quantitative estimate of drug-likeness (QED) is 0.776. The van der Waals surface area contributed by atoms with E-state index in [1.807, 2.05) is 18.7 Å².